The van der Waals surface area contributed by atoms with Crippen LogP contribution >= 0.6 is 0 Å². The predicted octanol–water partition coefficient (Wildman–Crippen LogP) is 1.16. The molecule has 0 radical (unpaired) electrons. The maximum Gasteiger partial charge on any atom is 0.332 e. The average molecular weight is 232 g/mol. The lowest BCUT2D eigenvalue weighted by molar-refractivity contribution is -0.159. The lowest BCUT2D eigenvalue weighted by atomic mass is 9.75. The molecule has 0 bridgehead atoms. The molecule has 4 nitrogen and oxygen atoms in total. The number of esters is 1. The molecule has 1 saturated carbocycles. The molecule has 0 aliphatic heterocycles. The fourth-order valence-electron chi connectivity index (χ4n) is 2.46. The normalized spacial score (nSPS) is 29.7. The van der Waals surface area contributed by atoms with Crippen LogP contribution < -0.4 is 0 Å². The van der Waals surface area contributed by atoms with Crippen LogP contribution in [-0.4, -0.2) is 29.3 Å². The first kappa shape index (κ1) is 15.4. The van der Waals surface area contributed by atoms with E-state index in [-0.39, 0.29) is 11.6 Å². The highest BCUT2D eigenvalue weighted by molar-refractivity contribution is 5.70. The van der Waals surface area contributed by atoms with Crippen LogP contribution in [0.5, 0.6) is 0 Å². The molecule has 3 N–H and O–H groups in total. The van der Waals surface area contributed by atoms with Crippen LogP contribution in [-0.2, 0) is 9.53 Å². The van der Waals surface area contributed by atoms with E-state index in [1.165, 1.54) is 6.42 Å². The summed E-state index contributed by atoms with van der Waals surface area (Å²) in [5.74, 6) is 1.13. The molecule has 3 unspecified atom stereocenters. The molecule has 1 aliphatic rings. The average Bonchev–Trinajstić information content (AvgIpc) is 2.17. The van der Waals surface area contributed by atoms with Gasteiger partial charge in [0.15, 0.2) is 0 Å². The van der Waals surface area contributed by atoms with Crippen molar-refractivity contribution in [3.63, 3.8) is 0 Å². The zero-order valence-corrected chi connectivity index (χ0v) is 10.4. The molecule has 0 aromatic carbocycles. The summed E-state index contributed by atoms with van der Waals surface area (Å²) in [7, 11) is 0. The largest absolute Gasteiger partial charge is 0.460 e. The van der Waals surface area contributed by atoms with Crippen molar-refractivity contribution in [3.05, 3.63) is 0 Å². The summed E-state index contributed by atoms with van der Waals surface area (Å²) < 4.78 is 5.30. The molecular weight excluding hydrogens is 208 g/mol. The van der Waals surface area contributed by atoms with Gasteiger partial charge in [0.25, 0.3) is 0 Å². The summed E-state index contributed by atoms with van der Waals surface area (Å²) in [6.45, 7) is 6.02. The third-order valence-electron chi connectivity index (χ3n) is 3.37. The molecule has 1 fully saturated rings. The van der Waals surface area contributed by atoms with Crippen molar-refractivity contribution in [2.24, 2.45) is 17.8 Å². The Hall–Kier alpha value is -0.610. The van der Waals surface area contributed by atoms with E-state index in [9.17, 15) is 4.79 Å². The summed E-state index contributed by atoms with van der Waals surface area (Å²) >= 11 is 0. The number of ether oxygens (including phenoxy) is 1. The second-order valence-corrected chi connectivity index (χ2v) is 5.01. The summed E-state index contributed by atoms with van der Waals surface area (Å²) in [4.78, 5) is 11.1. The zero-order chi connectivity index (χ0) is 11.4. The Bertz CT molecular complexity index is 215. The molecule has 96 valence electrons. The second-order valence-electron chi connectivity index (χ2n) is 5.01. The van der Waals surface area contributed by atoms with Crippen molar-refractivity contribution in [2.75, 3.05) is 6.61 Å². The lowest BCUT2D eigenvalue weighted by Crippen LogP contribution is -2.36. The number of carbonyl (C=O) groups excluding carboxylic acids is 1. The van der Waals surface area contributed by atoms with E-state index in [4.69, 9.17) is 9.84 Å². The van der Waals surface area contributed by atoms with Gasteiger partial charge in [0.2, 0.25) is 0 Å². The van der Waals surface area contributed by atoms with Gasteiger partial charge in [-0.1, -0.05) is 27.2 Å². The highest BCUT2D eigenvalue weighted by atomic mass is 16.6. The number of carbonyl (C=O) groups is 1. The van der Waals surface area contributed by atoms with Crippen molar-refractivity contribution < 1.29 is 20.1 Å². The minimum absolute atomic E-state index is 0. The number of aliphatic hydroxyl groups is 1. The van der Waals surface area contributed by atoms with Gasteiger partial charge < -0.3 is 15.3 Å². The second kappa shape index (κ2) is 6.86. The molecule has 1 rings (SSSR count). The van der Waals surface area contributed by atoms with Crippen molar-refractivity contribution in [1.82, 2.24) is 0 Å². The summed E-state index contributed by atoms with van der Waals surface area (Å²) in [6.07, 6.45) is 3.29. The van der Waals surface area contributed by atoms with Crippen molar-refractivity contribution in [3.8, 4) is 0 Å². The van der Waals surface area contributed by atoms with Gasteiger partial charge >= 0.3 is 5.97 Å². The first-order valence-electron chi connectivity index (χ1n) is 5.85. The maximum absolute atomic E-state index is 11.1. The first-order valence-corrected chi connectivity index (χ1v) is 5.85. The lowest BCUT2D eigenvalue weighted by Gasteiger charge is -2.36. The van der Waals surface area contributed by atoms with E-state index in [1.54, 1.807) is 0 Å². The van der Waals surface area contributed by atoms with Gasteiger partial charge in [-0.15, -0.1) is 0 Å². The number of aliphatic hydroxyl groups excluding tert-OH is 1. The number of rotatable bonds is 3. The molecule has 0 aromatic heterocycles. The Morgan fingerprint density at radius 2 is 2.06 bits per heavy atom. The minimum atomic E-state index is -0.504. The van der Waals surface area contributed by atoms with Gasteiger partial charge in [-0.25, -0.2) is 4.79 Å². The smallest absolute Gasteiger partial charge is 0.332 e. The molecule has 4 heteroatoms. The van der Waals surface area contributed by atoms with E-state index in [2.05, 4.69) is 20.8 Å². The number of hydrogen-bond donors (Lipinski definition) is 1. The molecule has 0 amide bonds. The molecule has 3 atom stereocenters. The Morgan fingerprint density at radius 3 is 2.56 bits per heavy atom. The summed E-state index contributed by atoms with van der Waals surface area (Å²) in [5, 5.41) is 8.68. The quantitative estimate of drug-likeness (QED) is 0.741. The Morgan fingerprint density at radius 1 is 1.44 bits per heavy atom. The Labute approximate surface area is 97.3 Å². The minimum Gasteiger partial charge on any atom is -0.460 e. The van der Waals surface area contributed by atoms with Gasteiger partial charge in [-0.2, -0.15) is 0 Å². The molecular formula is C12H24O4. The van der Waals surface area contributed by atoms with Crippen molar-refractivity contribution in [2.45, 2.75) is 46.1 Å². The fraction of sp³-hybridized carbons (Fsp3) is 0.917. The topological polar surface area (TPSA) is 78.0 Å². The molecule has 16 heavy (non-hydrogen) atoms. The van der Waals surface area contributed by atoms with Crippen LogP contribution in [0.3, 0.4) is 0 Å². The van der Waals surface area contributed by atoms with E-state index in [1.807, 2.05) is 0 Å². The highest BCUT2D eigenvalue weighted by Crippen LogP contribution is 2.35. The van der Waals surface area contributed by atoms with Crippen LogP contribution in [0.4, 0.5) is 0 Å². The third kappa shape index (κ3) is 4.10. The number of hydrogen-bond acceptors (Lipinski definition) is 3. The van der Waals surface area contributed by atoms with Crippen LogP contribution in [0.2, 0.25) is 0 Å². The van der Waals surface area contributed by atoms with Gasteiger partial charge in [0, 0.05) is 0 Å². The van der Waals surface area contributed by atoms with E-state index in [0.717, 1.165) is 12.8 Å². The standard InChI is InChI=1S/C12H22O3.H2O/c1-8(2)10-5-4-9(3)6-11(10)15-12(14)7-13;/h8-11,13H,4-7H2,1-3H3;1H2. The summed E-state index contributed by atoms with van der Waals surface area (Å²) in [5.41, 5.74) is 0. The van der Waals surface area contributed by atoms with E-state index in [0.29, 0.717) is 17.8 Å². The molecule has 0 aromatic rings. The van der Waals surface area contributed by atoms with Crippen molar-refractivity contribution >= 4 is 5.97 Å². The van der Waals surface area contributed by atoms with E-state index < -0.39 is 12.6 Å². The SMILES string of the molecule is CC1CCC(C(C)C)C(OC(=O)CO)C1.O. The van der Waals surface area contributed by atoms with Crippen LogP contribution in [0.15, 0.2) is 0 Å². The van der Waals surface area contributed by atoms with Crippen LogP contribution in [0.1, 0.15) is 40.0 Å². The monoisotopic (exact) mass is 232 g/mol. The van der Waals surface area contributed by atoms with Gasteiger partial charge in [-0.05, 0) is 30.6 Å². The Balaban J connectivity index is 0.00000225. The highest BCUT2D eigenvalue weighted by Gasteiger charge is 2.33. The maximum atomic E-state index is 11.1. The molecule has 0 saturated heterocycles. The molecule has 1 aliphatic carbocycles. The van der Waals surface area contributed by atoms with Crippen LogP contribution in [0, 0.1) is 17.8 Å². The van der Waals surface area contributed by atoms with Gasteiger partial charge in [0.1, 0.15) is 12.7 Å². The van der Waals surface area contributed by atoms with Gasteiger partial charge in [0.05, 0.1) is 0 Å². The van der Waals surface area contributed by atoms with E-state index >= 15 is 0 Å². The Kier molecular flexibility index (Phi) is 6.60. The zero-order valence-electron chi connectivity index (χ0n) is 10.4. The van der Waals surface area contributed by atoms with Crippen molar-refractivity contribution in [1.29, 1.82) is 0 Å². The summed E-state index contributed by atoms with van der Waals surface area (Å²) in [6, 6.07) is 0. The van der Waals surface area contributed by atoms with Crippen LogP contribution in [0.25, 0.3) is 0 Å². The third-order valence-corrected chi connectivity index (χ3v) is 3.37. The first-order chi connectivity index (χ1) is 7.04. The fourth-order valence-corrected chi connectivity index (χ4v) is 2.46. The molecule has 0 heterocycles. The molecule has 0 spiro atoms. The predicted molar refractivity (Wildman–Crippen MR) is 61.9 cm³/mol. The van der Waals surface area contributed by atoms with Gasteiger partial charge in [-0.3, -0.25) is 0 Å².